The molecule has 0 aliphatic heterocycles. The molecule has 6 heteroatoms. The summed E-state index contributed by atoms with van der Waals surface area (Å²) in [5.41, 5.74) is 0.649. The molecule has 15 heavy (non-hydrogen) atoms. The van der Waals surface area contributed by atoms with Crippen LogP contribution in [0.4, 0.5) is 0 Å². The topological polar surface area (TPSA) is 71.9 Å². The van der Waals surface area contributed by atoms with Crippen molar-refractivity contribution in [2.45, 2.75) is 26.3 Å². The molecule has 0 unspecified atom stereocenters. The average Bonchev–Trinajstić information content (AvgIpc) is 2.42. The quantitative estimate of drug-likeness (QED) is 0.814. The molecule has 1 aromatic rings. The molecular weight excluding hydrogens is 216 g/mol. The second-order valence-corrected chi connectivity index (χ2v) is 6.25. The first-order chi connectivity index (χ1) is 6.79. The summed E-state index contributed by atoms with van der Waals surface area (Å²) in [6.45, 7) is 4.11. The van der Waals surface area contributed by atoms with Crippen molar-refractivity contribution < 1.29 is 8.42 Å². The third kappa shape index (κ3) is 3.54. The van der Waals surface area contributed by atoms with E-state index in [1.54, 1.807) is 0 Å². The van der Waals surface area contributed by atoms with E-state index in [0.29, 0.717) is 0 Å². The van der Waals surface area contributed by atoms with Crippen LogP contribution >= 0.6 is 0 Å². The van der Waals surface area contributed by atoms with Crippen LogP contribution in [0.5, 0.6) is 0 Å². The number of aromatic amines is 1. The fraction of sp³-hybridized carbons (Fsp3) is 0.667. The van der Waals surface area contributed by atoms with Crippen molar-refractivity contribution in [1.29, 1.82) is 0 Å². The van der Waals surface area contributed by atoms with E-state index in [0.717, 1.165) is 11.9 Å². The molecule has 86 valence electrons. The molecule has 5 nitrogen and oxygen atoms in total. The third-order valence-electron chi connectivity index (χ3n) is 2.12. The molecule has 1 N–H and O–H groups in total. The van der Waals surface area contributed by atoms with Gasteiger partial charge < -0.3 is 0 Å². The zero-order chi connectivity index (χ0) is 11.6. The third-order valence-corrected chi connectivity index (χ3v) is 3.04. The van der Waals surface area contributed by atoms with E-state index in [-0.39, 0.29) is 23.8 Å². The molecule has 1 heterocycles. The average molecular weight is 232 g/mol. The summed E-state index contributed by atoms with van der Waals surface area (Å²) in [7, 11) is -3.03. The van der Waals surface area contributed by atoms with Gasteiger partial charge in [0.05, 0.1) is 12.3 Å². The molecule has 0 aromatic carbocycles. The number of nitrogens with zero attached hydrogens (tertiary/aromatic N) is 1. The van der Waals surface area contributed by atoms with E-state index in [1.807, 2.05) is 13.8 Å². The maximum atomic E-state index is 11.4. The van der Waals surface area contributed by atoms with Gasteiger partial charge in [-0.05, 0) is 5.92 Å². The van der Waals surface area contributed by atoms with Crippen LogP contribution in [0, 0.1) is 0 Å². The van der Waals surface area contributed by atoms with Gasteiger partial charge in [0.15, 0.2) is 0 Å². The minimum atomic E-state index is -3.03. The lowest BCUT2D eigenvalue weighted by Crippen LogP contribution is -2.21. The van der Waals surface area contributed by atoms with Gasteiger partial charge in [-0.3, -0.25) is 14.6 Å². The Morgan fingerprint density at radius 3 is 2.47 bits per heavy atom. The van der Waals surface area contributed by atoms with Gasteiger partial charge in [0.2, 0.25) is 0 Å². The Morgan fingerprint density at radius 2 is 2.07 bits per heavy atom. The highest BCUT2D eigenvalue weighted by atomic mass is 32.2. The highest BCUT2D eigenvalue weighted by Crippen LogP contribution is 2.07. The van der Waals surface area contributed by atoms with Crippen LogP contribution in [-0.4, -0.2) is 30.2 Å². The van der Waals surface area contributed by atoms with Crippen molar-refractivity contribution >= 4 is 9.84 Å². The van der Waals surface area contributed by atoms with Crippen molar-refractivity contribution in [1.82, 2.24) is 9.78 Å². The number of sulfone groups is 1. The zero-order valence-corrected chi connectivity index (χ0v) is 9.97. The van der Waals surface area contributed by atoms with E-state index in [4.69, 9.17) is 0 Å². The van der Waals surface area contributed by atoms with Crippen LogP contribution in [0.25, 0.3) is 0 Å². The molecule has 1 rings (SSSR count). The Balaban J connectivity index is 2.83. The Bertz CT molecular complexity index is 482. The van der Waals surface area contributed by atoms with E-state index in [1.165, 1.54) is 10.7 Å². The van der Waals surface area contributed by atoms with Crippen LogP contribution in [-0.2, 0) is 16.4 Å². The summed E-state index contributed by atoms with van der Waals surface area (Å²) >= 11 is 0. The number of rotatable bonds is 4. The lowest BCUT2D eigenvalue weighted by atomic mass is 10.1. The first-order valence-corrected chi connectivity index (χ1v) is 6.83. The monoisotopic (exact) mass is 232 g/mol. The van der Waals surface area contributed by atoms with E-state index in [2.05, 4.69) is 5.10 Å². The molecule has 0 radical (unpaired) electrons. The Labute approximate surface area is 89.0 Å². The summed E-state index contributed by atoms with van der Waals surface area (Å²) in [6.07, 6.45) is 1.16. The van der Waals surface area contributed by atoms with Gasteiger partial charge in [0, 0.05) is 18.0 Å². The van der Waals surface area contributed by atoms with Gasteiger partial charge in [-0.15, -0.1) is 0 Å². The molecule has 1 aromatic heterocycles. The van der Waals surface area contributed by atoms with E-state index >= 15 is 0 Å². The SMILES string of the molecule is CC(C)c1cc(=O)n(CCS(C)(=O)=O)[nH]1. The van der Waals surface area contributed by atoms with Crippen LogP contribution < -0.4 is 5.56 Å². The lowest BCUT2D eigenvalue weighted by Gasteiger charge is -2.02. The van der Waals surface area contributed by atoms with Gasteiger partial charge in [0.25, 0.3) is 5.56 Å². The zero-order valence-electron chi connectivity index (χ0n) is 9.15. The Kier molecular flexibility index (Phi) is 3.38. The van der Waals surface area contributed by atoms with E-state index in [9.17, 15) is 13.2 Å². The summed E-state index contributed by atoms with van der Waals surface area (Å²) in [6, 6.07) is 1.51. The molecule has 0 aliphatic carbocycles. The molecule has 0 aliphatic rings. The maximum absolute atomic E-state index is 11.4. The molecule has 0 spiro atoms. The summed E-state index contributed by atoms with van der Waals surface area (Å²) < 4.78 is 23.2. The number of aromatic nitrogens is 2. The minimum absolute atomic E-state index is 0.0229. The summed E-state index contributed by atoms with van der Waals surface area (Å²) in [5.74, 6) is 0.211. The first-order valence-electron chi connectivity index (χ1n) is 4.77. The van der Waals surface area contributed by atoms with Crippen molar-refractivity contribution in [2.75, 3.05) is 12.0 Å². The highest BCUT2D eigenvalue weighted by molar-refractivity contribution is 7.90. The van der Waals surface area contributed by atoms with Crippen molar-refractivity contribution in [3.8, 4) is 0 Å². The standard InChI is InChI=1S/C9H16N2O3S/c1-7(2)8-6-9(12)11(10-8)4-5-15(3,13)14/h6-7,10H,4-5H2,1-3H3. The highest BCUT2D eigenvalue weighted by Gasteiger charge is 2.08. The van der Waals surface area contributed by atoms with Crippen LogP contribution in [0.1, 0.15) is 25.5 Å². The number of hydrogen-bond acceptors (Lipinski definition) is 3. The van der Waals surface area contributed by atoms with Crippen LogP contribution in [0.3, 0.4) is 0 Å². The fourth-order valence-electron chi connectivity index (χ4n) is 1.17. The number of aryl methyl sites for hydroxylation is 1. The lowest BCUT2D eigenvalue weighted by molar-refractivity contribution is 0.577. The number of H-pyrrole nitrogens is 1. The van der Waals surface area contributed by atoms with Gasteiger partial charge in [-0.25, -0.2) is 8.42 Å². The van der Waals surface area contributed by atoms with Crippen LogP contribution in [0.15, 0.2) is 10.9 Å². The second-order valence-electron chi connectivity index (χ2n) is 3.99. The maximum Gasteiger partial charge on any atom is 0.266 e. The predicted octanol–water partition coefficient (Wildman–Crippen LogP) is 0.344. The predicted molar refractivity (Wildman–Crippen MR) is 58.9 cm³/mol. The molecule has 0 fully saturated rings. The van der Waals surface area contributed by atoms with Crippen molar-refractivity contribution in [3.63, 3.8) is 0 Å². The van der Waals surface area contributed by atoms with Gasteiger partial charge in [-0.1, -0.05) is 13.8 Å². The first kappa shape index (κ1) is 12.0. The molecule has 0 bridgehead atoms. The van der Waals surface area contributed by atoms with Gasteiger partial charge in [0.1, 0.15) is 9.84 Å². The summed E-state index contributed by atoms with van der Waals surface area (Å²) in [4.78, 5) is 11.4. The van der Waals surface area contributed by atoms with E-state index < -0.39 is 9.84 Å². The number of hydrogen-bond donors (Lipinski definition) is 1. The Morgan fingerprint density at radius 1 is 1.47 bits per heavy atom. The van der Waals surface area contributed by atoms with Crippen LogP contribution in [0.2, 0.25) is 0 Å². The second kappa shape index (κ2) is 4.22. The minimum Gasteiger partial charge on any atom is -0.299 e. The molecule has 0 amide bonds. The Hall–Kier alpha value is -1.04. The molecule has 0 atom stereocenters. The number of nitrogens with one attached hydrogen (secondary N) is 1. The summed E-state index contributed by atoms with van der Waals surface area (Å²) in [5, 5.41) is 2.89. The normalized spacial score (nSPS) is 12.3. The molecule has 0 saturated heterocycles. The van der Waals surface area contributed by atoms with Gasteiger partial charge >= 0.3 is 0 Å². The smallest absolute Gasteiger partial charge is 0.266 e. The largest absolute Gasteiger partial charge is 0.299 e. The van der Waals surface area contributed by atoms with Crippen molar-refractivity contribution in [3.05, 3.63) is 22.1 Å². The van der Waals surface area contributed by atoms with Gasteiger partial charge in [-0.2, -0.15) is 0 Å². The fourth-order valence-corrected chi connectivity index (χ4v) is 1.69. The molecular formula is C9H16N2O3S. The molecule has 0 saturated carbocycles. The van der Waals surface area contributed by atoms with Crippen molar-refractivity contribution in [2.24, 2.45) is 0 Å².